The molecule has 0 radical (unpaired) electrons. The predicted molar refractivity (Wildman–Crippen MR) is 88.0 cm³/mol. The molecule has 0 fully saturated rings. The van der Waals surface area contributed by atoms with Crippen molar-refractivity contribution < 1.29 is 19.1 Å². The fraction of sp³-hybridized carbons (Fsp3) is 0.500. The molecule has 0 aromatic heterocycles. The first-order chi connectivity index (χ1) is 11.1. The van der Waals surface area contributed by atoms with Crippen LogP contribution < -0.4 is 16.6 Å². The molecule has 0 saturated carbocycles. The van der Waals surface area contributed by atoms with E-state index in [4.69, 9.17) is 15.3 Å². The van der Waals surface area contributed by atoms with E-state index in [0.29, 0.717) is 12.2 Å². The maximum atomic E-state index is 11.6. The maximum Gasteiger partial charge on any atom is 0.421 e. The minimum Gasteiger partial charge on any atom is -0.462 e. The van der Waals surface area contributed by atoms with Gasteiger partial charge in [-0.05, 0) is 37.6 Å². The lowest BCUT2D eigenvalue weighted by molar-refractivity contribution is 0.0526. The summed E-state index contributed by atoms with van der Waals surface area (Å²) in [4.78, 5) is 22.7. The van der Waals surface area contributed by atoms with E-state index in [1.54, 1.807) is 31.2 Å². The number of esters is 1. The van der Waals surface area contributed by atoms with Gasteiger partial charge in [-0.25, -0.2) is 15.4 Å². The molecule has 0 bridgehead atoms. The molecule has 1 rings (SSSR count). The Balaban J connectivity index is 2.63. The van der Waals surface area contributed by atoms with Crippen molar-refractivity contribution in [1.29, 1.82) is 0 Å². The highest BCUT2D eigenvalue weighted by atomic mass is 16.6. The summed E-state index contributed by atoms with van der Waals surface area (Å²) in [5.74, 6) is 4.65. The second kappa shape index (κ2) is 10.4. The fourth-order valence-electron chi connectivity index (χ4n) is 2.02. The number of nitrogens with one attached hydrogen (secondary N) is 2. The van der Waals surface area contributed by atoms with Crippen LogP contribution in [0.15, 0.2) is 24.3 Å². The molecular weight excluding hydrogens is 298 g/mol. The van der Waals surface area contributed by atoms with Crippen LogP contribution in [0.25, 0.3) is 0 Å². The first-order valence-corrected chi connectivity index (χ1v) is 7.77. The third kappa shape index (κ3) is 7.01. The van der Waals surface area contributed by atoms with Gasteiger partial charge in [-0.15, -0.1) is 0 Å². The van der Waals surface area contributed by atoms with Gasteiger partial charge in [0.2, 0.25) is 0 Å². The van der Waals surface area contributed by atoms with Gasteiger partial charge in [0.25, 0.3) is 0 Å². The highest BCUT2D eigenvalue weighted by Gasteiger charge is 2.12. The number of hydrogen-bond donors (Lipinski definition) is 3. The topological polar surface area (TPSA) is 103 Å². The van der Waals surface area contributed by atoms with E-state index in [0.717, 1.165) is 24.9 Å². The number of rotatable bonds is 9. The van der Waals surface area contributed by atoms with Crippen LogP contribution in [0.3, 0.4) is 0 Å². The Morgan fingerprint density at radius 2 is 1.87 bits per heavy atom. The van der Waals surface area contributed by atoms with Crippen LogP contribution in [0.5, 0.6) is 0 Å². The number of carbonyl (C=O) groups is 2. The van der Waals surface area contributed by atoms with Crippen molar-refractivity contribution in [3.05, 3.63) is 29.8 Å². The second-order valence-corrected chi connectivity index (χ2v) is 5.02. The highest BCUT2D eigenvalue weighted by molar-refractivity contribution is 5.89. The zero-order chi connectivity index (χ0) is 17.1. The Kier molecular flexibility index (Phi) is 8.52. The van der Waals surface area contributed by atoms with Crippen molar-refractivity contribution in [1.82, 2.24) is 5.43 Å². The molecule has 128 valence electrons. The number of amides is 1. The zero-order valence-corrected chi connectivity index (χ0v) is 13.6. The Labute approximate surface area is 136 Å². The Bertz CT molecular complexity index is 491. The number of nitrogens with two attached hydrogens (primary N) is 1. The van der Waals surface area contributed by atoms with Crippen molar-refractivity contribution in [2.24, 2.45) is 5.84 Å². The summed E-state index contributed by atoms with van der Waals surface area (Å²) in [7, 11) is 0. The first kappa shape index (κ1) is 18.8. The molecule has 0 heterocycles. The van der Waals surface area contributed by atoms with Gasteiger partial charge in [-0.2, -0.15) is 0 Å². The molecule has 1 atom stereocenters. The Morgan fingerprint density at radius 1 is 1.17 bits per heavy atom. The van der Waals surface area contributed by atoms with Gasteiger partial charge in [0.05, 0.1) is 18.2 Å². The lowest BCUT2D eigenvalue weighted by Crippen LogP contribution is -2.35. The summed E-state index contributed by atoms with van der Waals surface area (Å²) in [6, 6.07) is 6.97. The minimum absolute atomic E-state index is 0.0271. The molecule has 7 heteroatoms. The second-order valence-electron chi connectivity index (χ2n) is 5.02. The molecule has 0 unspecified atom stereocenters. The summed E-state index contributed by atoms with van der Waals surface area (Å²) in [6.07, 6.45) is 2.24. The molecule has 7 nitrogen and oxygen atoms in total. The third-order valence-electron chi connectivity index (χ3n) is 3.21. The van der Waals surface area contributed by atoms with Gasteiger partial charge >= 0.3 is 12.1 Å². The van der Waals surface area contributed by atoms with E-state index in [-0.39, 0.29) is 18.6 Å². The van der Waals surface area contributed by atoms with E-state index in [1.165, 1.54) is 0 Å². The summed E-state index contributed by atoms with van der Waals surface area (Å²) in [5.41, 5.74) is 3.28. The van der Waals surface area contributed by atoms with Gasteiger partial charge in [0.1, 0.15) is 6.61 Å². The molecule has 23 heavy (non-hydrogen) atoms. The van der Waals surface area contributed by atoms with Crippen molar-refractivity contribution >= 4 is 17.7 Å². The molecule has 0 spiro atoms. The average molecular weight is 323 g/mol. The van der Waals surface area contributed by atoms with Crippen LogP contribution in [-0.2, 0) is 9.47 Å². The molecule has 1 amide bonds. The first-order valence-electron chi connectivity index (χ1n) is 7.77. The predicted octanol–water partition coefficient (Wildman–Crippen LogP) is 2.43. The van der Waals surface area contributed by atoms with E-state index in [9.17, 15) is 9.59 Å². The molecule has 4 N–H and O–H groups in total. The van der Waals surface area contributed by atoms with E-state index in [1.807, 2.05) is 5.43 Å². The fourth-order valence-corrected chi connectivity index (χ4v) is 2.02. The van der Waals surface area contributed by atoms with Gasteiger partial charge in [0.15, 0.2) is 0 Å². The quantitative estimate of drug-likeness (QED) is 0.279. The van der Waals surface area contributed by atoms with E-state index in [2.05, 4.69) is 12.2 Å². The summed E-state index contributed by atoms with van der Waals surface area (Å²) in [6.45, 7) is 4.42. The SMILES string of the molecule is CCCC[C@@H](COC(=O)NN)Nc1ccc(C(=O)OCC)cc1. The average Bonchev–Trinajstić information content (AvgIpc) is 2.57. The zero-order valence-electron chi connectivity index (χ0n) is 13.6. The number of hydrogen-bond acceptors (Lipinski definition) is 6. The number of anilines is 1. The van der Waals surface area contributed by atoms with Gasteiger partial charge < -0.3 is 14.8 Å². The maximum absolute atomic E-state index is 11.6. The highest BCUT2D eigenvalue weighted by Crippen LogP contribution is 2.14. The number of carbonyl (C=O) groups excluding carboxylic acids is 2. The molecule has 1 aromatic rings. The normalized spacial score (nSPS) is 11.4. The van der Waals surface area contributed by atoms with Crippen LogP contribution in [0, 0.1) is 0 Å². The lowest BCUT2D eigenvalue weighted by atomic mass is 10.1. The van der Waals surface area contributed by atoms with Crippen LogP contribution >= 0.6 is 0 Å². The largest absolute Gasteiger partial charge is 0.462 e. The molecule has 0 aliphatic heterocycles. The monoisotopic (exact) mass is 323 g/mol. The van der Waals surface area contributed by atoms with Crippen molar-refractivity contribution in [3.63, 3.8) is 0 Å². The van der Waals surface area contributed by atoms with Crippen molar-refractivity contribution in [3.8, 4) is 0 Å². The number of unbranched alkanes of at least 4 members (excludes halogenated alkanes) is 1. The van der Waals surface area contributed by atoms with Gasteiger partial charge in [0, 0.05) is 5.69 Å². The Hall–Kier alpha value is -2.28. The van der Waals surface area contributed by atoms with Crippen molar-refractivity contribution in [2.75, 3.05) is 18.5 Å². The molecular formula is C16H25N3O4. The van der Waals surface area contributed by atoms with Gasteiger partial charge in [-0.1, -0.05) is 19.8 Å². The molecule has 0 saturated heterocycles. The summed E-state index contributed by atoms with van der Waals surface area (Å²) >= 11 is 0. The molecule has 0 aliphatic carbocycles. The number of ether oxygens (including phenoxy) is 2. The Morgan fingerprint density at radius 3 is 2.43 bits per heavy atom. The van der Waals surface area contributed by atoms with E-state index < -0.39 is 6.09 Å². The van der Waals surface area contributed by atoms with Crippen LogP contribution in [0.4, 0.5) is 10.5 Å². The standard InChI is InChI=1S/C16H25N3O4/c1-3-5-6-14(11-23-16(21)19-17)18-13-9-7-12(8-10-13)15(20)22-4-2/h7-10,14,18H,3-6,11,17H2,1-2H3,(H,19,21)/t14-/m0/s1. The van der Waals surface area contributed by atoms with Crippen LogP contribution in [-0.4, -0.2) is 31.3 Å². The number of hydrazine groups is 1. The minimum atomic E-state index is -0.661. The lowest BCUT2D eigenvalue weighted by Gasteiger charge is -2.19. The number of benzene rings is 1. The van der Waals surface area contributed by atoms with Gasteiger partial charge in [-0.3, -0.25) is 5.43 Å². The van der Waals surface area contributed by atoms with Crippen molar-refractivity contribution in [2.45, 2.75) is 39.2 Å². The third-order valence-corrected chi connectivity index (χ3v) is 3.21. The summed E-state index contributed by atoms with van der Waals surface area (Å²) in [5, 5.41) is 3.29. The van der Waals surface area contributed by atoms with Crippen LogP contribution in [0.1, 0.15) is 43.5 Å². The molecule has 0 aliphatic rings. The molecule has 1 aromatic carbocycles. The summed E-state index contributed by atoms with van der Waals surface area (Å²) < 4.78 is 9.95. The van der Waals surface area contributed by atoms with Crippen LogP contribution in [0.2, 0.25) is 0 Å². The van der Waals surface area contributed by atoms with E-state index >= 15 is 0 Å². The smallest absolute Gasteiger partial charge is 0.421 e.